The minimum atomic E-state index is -0.554. The molecule has 132 valence electrons. The Bertz CT molecular complexity index is 433. The number of hydrogen-bond acceptors (Lipinski definition) is 4. The summed E-state index contributed by atoms with van der Waals surface area (Å²) in [7, 11) is 0. The largest absolute Gasteiger partial charge is 0.436 e. The highest BCUT2D eigenvalue weighted by molar-refractivity contribution is 5.86. The van der Waals surface area contributed by atoms with Crippen LogP contribution in [0, 0.1) is 29.6 Å². The first-order chi connectivity index (χ1) is 11.0. The van der Waals surface area contributed by atoms with E-state index in [-0.39, 0.29) is 29.8 Å². The average Bonchev–Trinajstić information content (AvgIpc) is 2.55. The van der Waals surface area contributed by atoms with E-state index in [4.69, 9.17) is 9.47 Å². The first-order valence-electron chi connectivity index (χ1n) is 9.39. The minimum Gasteiger partial charge on any atom is -0.436 e. The van der Waals surface area contributed by atoms with Gasteiger partial charge in [-0.2, -0.15) is 0 Å². The standard InChI is InChI=1S/C17H26O4.C2H6/c1-4-9(2)17(19)21-10(3)20-16-13-6-11-5-12(8-13)15(18)14(16)7-11;1-2/h9-14,16H,4-8H2,1-3H3;1-2H3. The Balaban J connectivity index is 0.000000924. The second kappa shape index (κ2) is 7.78. The molecule has 0 aromatic heterocycles. The van der Waals surface area contributed by atoms with Crippen LogP contribution < -0.4 is 0 Å². The van der Waals surface area contributed by atoms with Gasteiger partial charge in [0.15, 0.2) is 6.29 Å². The third-order valence-electron chi connectivity index (χ3n) is 5.70. The summed E-state index contributed by atoms with van der Waals surface area (Å²) in [5.74, 6) is 1.62. The van der Waals surface area contributed by atoms with Crippen molar-refractivity contribution in [1.29, 1.82) is 0 Å². The van der Waals surface area contributed by atoms with Gasteiger partial charge in [0.1, 0.15) is 5.78 Å². The Kier molecular flexibility index (Phi) is 6.24. The molecular formula is C19H32O4. The first-order valence-corrected chi connectivity index (χ1v) is 9.39. The predicted octanol–water partition coefficient (Wildman–Crippen LogP) is 3.97. The number of hydrogen-bond donors (Lipinski definition) is 0. The molecule has 4 fully saturated rings. The van der Waals surface area contributed by atoms with Crippen molar-refractivity contribution < 1.29 is 19.1 Å². The molecule has 4 aliphatic carbocycles. The molecule has 0 N–H and O–H groups in total. The summed E-state index contributed by atoms with van der Waals surface area (Å²) in [5.41, 5.74) is 0. The fourth-order valence-corrected chi connectivity index (χ4v) is 4.48. The van der Waals surface area contributed by atoms with E-state index < -0.39 is 6.29 Å². The highest BCUT2D eigenvalue weighted by Crippen LogP contribution is 2.53. The molecule has 0 aromatic rings. The highest BCUT2D eigenvalue weighted by atomic mass is 16.7. The van der Waals surface area contributed by atoms with Crippen LogP contribution in [0.2, 0.25) is 0 Å². The number of esters is 1. The van der Waals surface area contributed by atoms with Crippen molar-refractivity contribution in [2.24, 2.45) is 29.6 Å². The third kappa shape index (κ3) is 3.78. The molecule has 0 saturated heterocycles. The van der Waals surface area contributed by atoms with E-state index in [2.05, 4.69) is 0 Å². The van der Waals surface area contributed by atoms with E-state index in [0.29, 0.717) is 17.6 Å². The Morgan fingerprint density at radius 3 is 2.52 bits per heavy atom. The minimum absolute atomic E-state index is 0.0370. The number of carbonyl (C=O) groups excluding carboxylic acids is 2. The summed E-state index contributed by atoms with van der Waals surface area (Å²) in [6.45, 7) is 9.60. The number of rotatable bonds is 5. The van der Waals surface area contributed by atoms with Gasteiger partial charge in [-0.15, -0.1) is 0 Å². The molecule has 4 bridgehead atoms. The number of ketones is 1. The lowest BCUT2D eigenvalue weighted by Gasteiger charge is -2.53. The molecule has 7 atom stereocenters. The van der Waals surface area contributed by atoms with Crippen LogP contribution in [0.1, 0.15) is 66.7 Å². The normalized spacial score (nSPS) is 36.9. The van der Waals surface area contributed by atoms with E-state index in [0.717, 1.165) is 25.7 Å². The van der Waals surface area contributed by atoms with Gasteiger partial charge < -0.3 is 9.47 Å². The molecule has 4 nitrogen and oxygen atoms in total. The quantitative estimate of drug-likeness (QED) is 0.567. The van der Waals surface area contributed by atoms with Gasteiger partial charge in [-0.1, -0.05) is 27.7 Å². The van der Waals surface area contributed by atoms with Gasteiger partial charge in [-0.05, 0) is 50.9 Å². The molecule has 7 unspecified atom stereocenters. The Labute approximate surface area is 140 Å². The van der Waals surface area contributed by atoms with Gasteiger partial charge >= 0.3 is 5.97 Å². The van der Waals surface area contributed by atoms with Crippen molar-refractivity contribution in [3.63, 3.8) is 0 Å². The summed E-state index contributed by atoms with van der Waals surface area (Å²) >= 11 is 0. The molecule has 0 heterocycles. The molecule has 4 heteroatoms. The lowest BCUT2D eigenvalue weighted by atomic mass is 9.54. The fraction of sp³-hybridized carbons (Fsp3) is 0.895. The first kappa shape index (κ1) is 18.4. The van der Waals surface area contributed by atoms with Crippen LogP contribution in [0.25, 0.3) is 0 Å². The van der Waals surface area contributed by atoms with Crippen molar-refractivity contribution >= 4 is 11.8 Å². The van der Waals surface area contributed by atoms with Crippen molar-refractivity contribution in [1.82, 2.24) is 0 Å². The SMILES string of the molecule is CC.CCC(C)C(=O)OC(C)OC1C2CC3CC(C2)C(=O)C1C3. The monoisotopic (exact) mass is 324 g/mol. The van der Waals surface area contributed by atoms with Crippen LogP contribution in [0.4, 0.5) is 0 Å². The van der Waals surface area contributed by atoms with Crippen LogP contribution in [0.15, 0.2) is 0 Å². The average molecular weight is 324 g/mol. The summed E-state index contributed by atoms with van der Waals surface area (Å²) in [5, 5.41) is 0. The van der Waals surface area contributed by atoms with E-state index in [1.807, 2.05) is 27.7 Å². The van der Waals surface area contributed by atoms with Gasteiger partial charge in [-0.25, -0.2) is 0 Å². The van der Waals surface area contributed by atoms with Gasteiger partial charge in [0.25, 0.3) is 0 Å². The van der Waals surface area contributed by atoms with Crippen LogP contribution in [0.5, 0.6) is 0 Å². The van der Waals surface area contributed by atoms with E-state index in [9.17, 15) is 9.59 Å². The van der Waals surface area contributed by atoms with Gasteiger partial charge in [-0.3, -0.25) is 9.59 Å². The molecule has 4 rings (SSSR count). The molecule has 4 aliphatic rings. The van der Waals surface area contributed by atoms with Crippen LogP contribution in [-0.2, 0) is 19.1 Å². The second-order valence-electron chi connectivity index (χ2n) is 7.19. The summed E-state index contributed by atoms with van der Waals surface area (Å²) in [4.78, 5) is 24.2. The maximum Gasteiger partial charge on any atom is 0.310 e. The van der Waals surface area contributed by atoms with Gasteiger partial charge in [0.05, 0.1) is 12.0 Å². The van der Waals surface area contributed by atoms with Gasteiger partial charge in [0, 0.05) is 11.8 Å². The Morgan fingerprint density at radius 2 is 1.87 bits per heavy atom. The van der Waals surface area contributed by atoms with Crippen molar-refractivity contribution in [3.05, 3.63) is 0 Å². The molecule has 0 aromatic carbocycles. The predicted molar refractivity (Wildman–Crippen MR) is 88.7 cm³/mol. The highest BCUT2D eigenvalue weighted by Gasteiger charge is 2.54. The maximum absolute atomic E-state index is 12.4. The molecule has 4 saturated carbocycles. The topological polar surface area (TPSA) is 52.6 Å². The third-order valence-corrected chi connectivity index (χ3v) is 5.70. The number of ether oxygens (including phenoxy) is 2. The van der Waals surface area contributed by atoms with E-state index >= 15 is 0 Å². The molecule has 0 aliphatic heterocycles. The lowest BCUT2D eigenvalue weighted by Crippen LogP contribution is -2.55. The molecule has 0 radical (unpaired) electrons. The number of carbonyl (C=O) groups is 2. The van der Waals surface area contributed by atoms with Crippen LogP contribution >= 0.6 is 0 Å². The van der Waals surface area contributed by atoms with Gasteiger partial charge in [0.2, 0.25) is 0 Å². The van der Waals surface area contributed by atoms with Crippen LogP contribution in [-0.4, -0.2) is 24.1 Å². The second-order valence-corrected chi connectivity index (χ2v) is 7.19. The van der Waals surface area contributed by atoms with Crippen molar-refractivity contribution in [2.75, 3.05) is 0 Å². The Hall–Kier alpha value is -0.900. The fourth-order valence-electron chi connectivity index (χ4n) is 4.48. The molecule has 23 heavy (non-hydrogen) atoms. The zero-order chi connectivity index (χ0) is 17.1. The maximum atomic E-state index is 12.4. The van der Waals surface area contributed by atoms with Crippen molar-refractivity contribution in [3.8, 4) is 0 Å². The molecular weight excluding hydrogens is 292 g/mol. The Morgan fingerprint density at radius 1 is 1.17 bits per heavy atom. The van der Waals surface area contributed by atoms with Crippen LogP contribution in [0.3, 0.4) is 0 Å². The number of Topliss-reactive ketones (excluding diaryl/α,β-unsaturated/α-hetero) is 1. The summed E-state index contributed by atoms with van der Waals surface area (Å²) < 4.78 is 11.4. The zero-order valence-electron chi connectivity index (χ0n) is 15.2. The summed E-state index contributed by atoms with van der Waals surface area (Å²) in [6.07, 6.45) is 4.40. The zero-order valence-corrected chi connectivity index (χ0v) is 15.2. The van der Waals surface area contributed by atoms with E-state index in [1.165, 1.54) is 6.42 Å². The van der Waals surface area contributed by atoms with E-state index in [1.54, 1.807) is 6.92 Å². The molecule has 0 amide bonds. The molecule has 0 spiro atoms. The smallest absolute Gasteiger partial charge is 0.310 e. The lowest BCUT2D eigenvalue weighted by molar-refractivity contribution is -0.218. The van der Waals surface area contributed by atoms with Crippen molar-refractivity contribution in [2.45, 2.75) is 79.1 Å². The summed E-state index contributed by atoms with van der Waals surface area (Å²) in [6, 6.07) is 0.